The minimum atomic E-state index is -3.78. The third-order valence-corrected chi connectivity index (χ3v) is 6.52. The third kappa shape index (κ3) is 4.95. The van der Waals surface area contributed by atoms with Crippen molar-refractivity contribution in [1.29, 1.82) is 5.26 Å². The van der Waals surface area contributed by atoms with Gasteiger partial charge in [0.1, 0.15) is 11.6 Å². The largest absolute Gasteiger partial charge is 0.321 e. The molecule has 0 atom stereocenters. The Morgan fingerprint density at radius 1 is 1.03 bits per heavy atom. The maximum absolute atomic E-state index is 12.7. The molecule has 1 aromatic heterocycles. The van der Waals surface area contributed by atoms with E-state index < -0.39 is 15.9 Å². The third-order valence-electron chi connectivity index (χ3n) is 4.33. The van der Waals surface area contributed by atoms with Gasteiger partial charge in [0.05, 0.1) is 10.6 Å². The van der Waals surface area contributed by atoms with Gasteiger partial charge in [-0.3, -0.25) is 9.52 Å². The van der Waals surface area contributed by atoms with Gasteiger partial charge in [0, 0.05) is 10.6 Å². The second-order valence-corrected chi connectivity index (χ2v) is 9.20. The zero-order valence-electron chi connectivity index (χ0n) is 16.3. The van der Waals surface area contributed by atoms with Crippen molar-refractivity contribution in [3.05, 3.63) is 81.6 Å². The molecule has 0 spiro atoms. The SMILES string of the molecule is Cc1cccc(C)c1NS(=O)(=O)c1ccc(NC(=O)/C(C#N)=C/c2cccs2)cc1. The van der Waals surface area contributed by atoms with Crippen molar-refractivity contribution in [2.45, 2.75) is 18.7 Å². The van der Waals surface area contributed by atoms with Gasteiger partial charge in [-0.15, -0.1) is 11.3 Å². The second-order valence-electron chi connectivity index (χ2n) is 6.54. The summed E-state index contributed by atoms with van der Waals surface area (Å²) in [6, 6.07) is 16.8. The highest BCUT2D eigenvalue weighted by molar-refractivity contribution is 7.92. The smallest absolute Gasteiger partial charge is 0.266 e. The Balaban J connectivity index is 1.76. The normalized spacial score (nSPS) is 11.6. The van der Waals surface area contributed by atoms with Crippen LogP contribution in [0.1, 0.15) is 16.0 Å². The Morgan fingerprint density at radius 2 is 1.70 bits per heavy atom. The highest BCUT2D eigenvalue weighted by atomic mass is 32.2. The number of carbonyl (C=O) groups is 1. The Labute approximate surface area is 179 Å². The van der Waals surface area contributed by atoms with Gasteiger partial charge in [-0.25, -0.2) is 8.42 Å². The number of anilines is 2. The first-order chi connectivity index (χ1) is 14.3. The van der Waals surface area contributed by atoms with Crippen LogP contribution in [0.2, 0.25) is 0 Å². The summed E-state index contributed by atoms with van der Waals surface area (Å²) in [5.74, 6) is -0.560. The zero-order chi connectivity index (χ0) is 21.7. The van der Waals surface area contributed by atoms with Crippen molar-refractivity contribution in [1.82, 2.24) is 0 Å². The van der Waals surface area contributed by atoms with E-state index >= 15 is 0 Å². The molecule has 3 aromatic rings. The molecule has 0 radical (unpaired) electrons. The van der Waals surface area contributed by atoms with Crippen LogP contribution >= 0.6 is 11.3 Å². The van der Waals surface area contributed by atoms with Gasteiger partial charge in [0.25, 0.3) is 15.9 Å². The maximum atomic E-state index is 12.7. The first-order valence-electron chi connectivity index (χ1n) is 8.96. The van der Waals surface area contributed by atoms with Crippen molar-refractivity contribution in [2.24, 2.45) is 0 Å². The lowest BCUT2D eigenvalue weighted by molar-refractivity contribution is -0.112. The summed E-state index contributed by atoms with van der Waals surface area (Å²) in [5.41, 5.74) is 2.55. The van der Waals surface area contributed by atoms with Crippen molar-refractivity contribution < 1.29 is 13.2 Å². The number of amides is 1. The van der Waals surface area contributed by atoms with Crippen molar-refractivity contribution in [3.63, 3.8) is 0 Å². The zero-order valence-corrected chi connectivity index (χ0v) is 18.0. The first kappa shape index (κ1) is 21.3. The summed E-state index contributed by atoms with van der Waals surface area (Å²) >= 11 is 1.42. The predicted octanol–water partition coefficient (Wildman–Crippen LogP) is 4.71. The summed E-state index contributed by atoms with van der Waals surface area (Å²) in [5, 5.41) is 13.7. The number of nitrogens with one attached hydrogen (secondary N) is 2. The van der Waals surface area contributed by atoms with E-state index in [9.17, 15) is 18.5 Å². The number of nitrogens with zero attached hydrogens (tertiary/aromatic N) is 1. The molecule has 0 saturated heterocycles. The van der Waals surface area contributed by atoms with Gasteiger partial charge >= 0.3 is 0 Å². The first-order valence-corrected chi connectivity index (χ1v) is 11.3. The van der Waals surface area contributed by atoms with Gasteiger partial charge in [-0.1, -0.05) is 24.3 Å². The quantitative estimate of drug-likeness (QED) is 0.431. The predicted molar refractivity (Wildman–Crippen MR) is 120 cm³/mol. The summed E-state index contributed by atoms with van der Waals surface area (Å²) in [7, 11) is -3.78. The molecule has 152 valence electrons. The fourth-order valence-electron chi connectivity index (χ4n) is 2.75. The van der Waals surface area contributed by atoms with Crippen LogP contribution in [-0.4, -0.2) is 14.3 Å². The number of para-hydroxylation sites is 1. The van der Waals surface area contributed by atoms with E-state index in [0.29, 0.717) is 11.4 Å². The Bertz CT molecular complexity index is 1220. The number of thiophene rings is 1. The molecule has 0 saturated carbocycles. The summed E-state index contributed by atoms with van der Waals surface area (Å²) in [6.45, 7) is 3.67. The molecule has 0 aliphatic rings. The number of rotatable bonds is 6. The molecule has 0 bridgehead atoms. The Morgan fingerprint density at radius 3 is 2.27 bits per heavy atom. The monoisotopic (exact) mass is 437 g/mol. The molecule has 3 rings (SSSR count). The topological polar surface area (TPSA) is 99.1 Å². The molecule has 1 heterocycles. The van der Waals surface area contributed by atoms with Gasteiger partial charge < -0.3 is 5.32 Å². The molecule has 6 nitrogen and oxygen atoms in total. The lowest BCUT2D eigenvalue weighted by Gasteiger charge is -2.13. The number of carbonyl (C=O) groups excluding carboxylic acids is 1. The minimum absolute atomic E-state index is 0.0363. The van der Waals surface area contributed by atoms with E-state index in [-0.39, 0.29) is 10.5 Å². The number of hydrogen-bond donors (Lipinski definition) is 2. The molecule has 0 unspecified atom stereocenters. The molecule has 30 heavy (non-hydrogen) atoms. The molecular formula is C22H19N3O3S2. The van der Waals surface area contributed by atoms with E-state index in [4.69, 9.17) is 0 Å². The summed E-state index contributed by atoms with van der Waals surface area (Å²) < 4.78 is 28.1. The van der Waals surface area contributed by atoms with Crippen LogP contribution in [0.15, 0.2) is 70.4 Å². The highest BCUT2D eigenvalue weighted by Gasteiger charge is 2.17. The van der Waals surface area contributed by atoms with E-state index in [0.717, 1.165) is 16.0 Å². The fraction of sp³-hybridized carbons (Fsp3) is 0.0909. The molecule has 2 aromatic carbocycles. The summed E-state index contributed by atoms with van der Waals surface area (Å²) in [4.78, 5) is 13.2. The average molecular weight is 438 g/mol. The van der Waals surface area contributed by atoms with Crippen LogP contribution < -0.4 is 10.0 Å². The van der Waals surface area contributed by atoms with E-state index in [1.54, 1.807) is 6.07 Å². The standard InChI is InChI=1S/C22H19N3O3S2/c1-15-5-3-6-16(2)21(15)25-30(27,28)20-10-8-18(9-11-20)24-22(26)17(14-23)13-19-7-4-12-29-19/h3-13,25H,1-2H3,(H,24,26)/b17-13+. The minimum Gasteiger partial charge on any atom is -0.321 e. The van der Waals surface area contributed by atoms with Crippen LogP contribution in [0, 0.1) is 25.2 Å². The van der Waals surface area contributed by atoms with Crippen LogP contribution in [0.5, 0.6) is 0 Å². The highest BCUT2D eigenvalue weighted by Crippen LogP contribution is 2.24. The number of sulfonamides is 1. The number of hydrogen-bond acceptors (Lipinski definition) is 5. The van der Waals surface area contributed by atoms with Gasteiger partial charge in [0.2, 0.25) is 0 Å². The summed E-state index contributed by atoms with van der Waals surface area (Å²) in [6.07, 6.45) is 1.51. The molecular weight excluding hydrogens is 418 g/mol. The van der Waals surface area contributed by atoms with Crippen LogP contribution in [0.3, 0.4) is 0 Å². The molecule has 0 aliphatic heterocycles. The molecule has 0 aliphatic carbocycles. The Kier molecular flexibility index (Phi) is 6.35. The van der Waals surface area contributed by atoms with Crippen molar-refractivity contribution in [3.8, 4) is 6.07 Å². The van der Waals surface area contributed by atoms with Gasteiger partial charge in [-0.05, 0) is 66.8 Å². The van der Waals surface area contributed by atoms with E-state index in [1.165, 1.54) is 41.7 Å². The molecule has 2 N–H and O–H groups in total. The van der Waals surface area contributed by atoms with Crippen molar-refractivity contribution >= 4 is 44.7 Å². The number of nitriles is 1. The second kappa shape index (κ2) is 8.95. The molecule has 0 fully saturated rings. The number of aryl methyl sites for hydroxylation is 2. The van der Waals surface area contributed by atoms with E-state index in [1.807, 2.05) is 49.6 Å². The van der Waals surface area contributed by atoms with Gasteiger partial charge in [-0.2, -0.15) is 5.26 Å². The average Bonchev–Trinajstić information content (AvgIpc) is 3.22. The Hall–Kier alpha value is -3.41. The fourth-order valence-corrected chi connectivity index (χ4v) is 4.61. The maximum Gasteiger partial charge on any atom is 0.266 e. The van der Waals surface area contributed by atoms with Crippen LogP contribution in [-0.2, 0) is 14.8 Å². The molecule has 8 heteroatoms. The van der Waals surface area contributed by atoms with Crippen LogP contribution in [0.25, 0.3) is 6.08 Å². The number of benzene rings is 2. The lowest BCUT2D eigenvalue weighted by atomic mass is 10.1. The van der Waals surface area contributed by atoms with Gasteiger partial charge in [0.15, 0.2) is 0 Å². The lowest BCUT2D eigenvalue weighted by Crippen LogP contribution is -2.15. The molecule has 1 amide bonds. The van der Waals surface area contributed by atoms with Crippen LogP contribution in [0.4, 0.5) is 11.4 Å². The van der Waals surface area contributed by atoms with Crippen molar-refractivity contribution in [2.75, 3.05) is 10.0 Å². The van der Waals surface area contributed by atoms with E-state index in [2.05, 4.69) is 10.0 Å².